The zero-order chi connectivity index (χ0) is 68.9. The minimum atomic E-state index is -1.98. The van der Waals surface area contributed by atoms with Crippen LogP contribution in [0.4, 0.5) is 0 Å². The van der Waals surface area contributed by atoms with E-state index in [2.05, 4.69) is 43.5 Å². The molecule has 19 heteroatoms. The van der Waals surface area contributed by atoms with Crippen molar-refractivity contribution in [2.24, 2.45) is 0 Å². The summed E-state index contributed by atoms with van der Waals surface area (Å²) in [7, 11) is 0. The standard InChI is InChI=1S/C76H141NO18/c1-3-5-7-9-11-13-15-17-19-21-23-25-27-29-31-33-35-37-39-41-43-45-47-49-51-53-60(81)59(77-64(82)54-52-50-48-46-44-42-40-38-36-34-32-30-28-26-24-22-20-18-16-14-12-10-8-6-4-2)58-90-74-70(88)67(85)72(62(56-79)92-74)95-76-71(89)68(86)73(63(57-80)93-76)94-75-69(87)66(84)65(83)61(55-78)91-75/h22,24,43,45,51,53,59-63,65-76,78-81,83-89H,3-21,23,25-42,44,46-50,52,54-58H2,1-2H3,(H,77,82)/b24-22-,45-43+,53-51+. The molecular formula is C76H141NO18. The maximum absolute atomic E-state index is 13.5. The fraction of sp³-hybridized carbons (Fsp3) is 0.908. The van der Waals surface area contributed by atoms with Crippen molar-refractivity contribution in [2.45, 2.75) is 413 Å². The van der Waals surface area contributed by atoms with Crippen molar-refractivity contribution in [3.63, 3.8) is 0 Å². The predicted octanol–water partition coefficient (Wildman–Crippen LogP) is 11.9. The highest BCUT2D eigenvalue weighted by Gasteiger charge is 2.53. The van der Waals surface area contributed by atoms with Gasteiger partial charge in [-0.1, -0.05) is 281 Å². The van der Waals surface area contributed by atoms with Gasteiger partial charge < -0.3 is 89.9 Å². The number of nitrogens with one attached hydrogen (secondary N) is 1. The van der Waals surface area contributed by atoms with Crippen LogP contribution in [0.2, 0.25) is 0 Å². The molecule has 19 nitrogen and oxygen atoms in total. The van der Waals surface area contributed by atoms with Crippen LogP contribution in [0.15, 0.2) is 36.5 Å². The van der Waals surface area contributed by atoms with Crippen molar-refractivity contribution in [2.75, 3.05) is 26.4 Å². The maximum Gasteiger partial charge on any atom is 0.220 e. The molecule has 0 aromatic rings. The predicted molar refractivity (Wildman–Crippen MR) is 374 cm³/mol. The molecule has 558 valence electrons. The highest BCUT2D eigenvalue weighted by atomic mass is 16.8. The van der Waals surface area contributed by atoms with Crippen LogP contribution >= 0.6 is 0 Å². The van der Waals surface area contributed by atoms with E-state index < -0.39 is 124 Å². The number of aliphatic hydroxyl groups is 11. The number of rotatable bonds is 61. The summed E-state index contributed by atoms with van der Waals surface area (Å²) in [5.41, 5.74) is 0. The van der Waals surface area contributed by atoms with Crippen molar-refractivity contribution in [3.8, 4) is 0 Å². The van der Waals surface area contributed by atoms with Crippen molar-refractivity contribution in [3.05, 3.63) is 36.5 Å². The van der Waals surface area contributed by atoms with E-state index in [1.165, 1.54) is 238 Å². The van der Waals surface area contributed by atoms with E-state index in [0.717, 1.165) is 38.5 Å². The second-order valence-electron chi connectivity index (χ2n) is 27.8. The molecule has 3 aliphatic rings. The first-order valence-electron chi connectivity index (χ1n) is 38.7. The van der Waals surface area contributed by atoms with Gasteiger partial charge in [-0.2, -0.15) is 0 Å². The van der Waals surface area contributed by atoms with E-state index in [4.69, 9.17) is 28.4 Å². The van der Waals surface area contributed by atoms with Crippen molar-refractivity contribution >= 4 is 5.91 Å². The van der Waals surface area contributed by atoms with E-state index in [-0.39, 0.29) is 18.9 Å². The van der Waals surface area contributed by atoms with Gasteiger partial charge >= 0.3 is 0 Å². The van der Waals surface area contributed by atoms with Crippen LogP contribution in [0.5, 0.6) is 0 Å². The van der Waals surface area contributed by atoms with Gasteiger partial charge in [0, 0.05) is 6.42 Å². The van der Waals surface area contributed by atoms with Gasteiger partial charge in [0.25, 0.3) is 0 Å². The first kappa shape index (κ1) is 87.2. The fourth-order valence-corrected chi connectivity index (χ4v) is 13.1. The molecule has 0 aliphatic carbocycles. The average Bonchev–Trinajstić information content (AvgIpc) is 0.787. The van der Waals surface area contributed by atoms with E-state index in [0.29, 0.717) is 12.8 Å². The van der Waals surface area contributed by atoms with Crippen LogP contribution in [-0.2, 0) is 33.2 Å². The van der Waals surface area contributed by atoms with Gasteiger partial charge in [-0.3, -0.25) is 4.79 Å². The summed E-state index contributed by atoms with van der Waals surface area (Å²) in [6.45, 7) is 1.76. The lowest BCUT2D eigenvalue weighted by Gasteiger charge is -2.48. The van der Waals surface area contributed by atoms with Crippen LogP contribution in [0.25, 0.3) is 0 Å². The number of hydrogen-bond donors (Lipinski definition) is 12. The number of allylic oxidation sites excluding steroid dienone is 5. The third-order valence-corrected chi connectivity index (χ3v) is 19.4. The molecule has 3 rings (SSSR count). The van der Waals surface area contributed by atoms with Gasteiger partial charge in [0.2, 0.25) is 5.91 Å². The third-order valence-electron chi connectivity index (χ3n) is 19.4. The molecule has 0 aromatic heterocycles. The fourth-order valence-electron chi connectivity index (χ4n) is 13.1. The lowest BCUT2D eigenvalue weighted by molar-refractivity contribution is -0.379. The number of aliphatic hydroxyl groups excluding tert-OH is 11. The molecule has 0 radical (unpaired) electrons. The topological polar surface area (TPSA) is 307 Å². The lowest BCUT2D eigenvalue weighted by atomic mass is 9.96. The second kappa shape index (κ2) is 57.6. The number of carbonyl (C=O) groups is 1. The molecule has 0 spiro atoms. The molecule has 17 atom stereocenters. The Morgan fingerprint density at radius 2 is 0.674 bits per heavy atom. The minimum Gasteiger partial charge on any atom is -0.394 e. The van der Waals surface area contributed by atoms with Gasteiger partial charge in [0.1, 0.15) is 73.2 Å². The highest BCUT2D eigenvalue weighted by molar-refractivity contribution is 5.76. The summed E-state index contributed by atoms with van der Waals surface area (Å²) < 4.78 is 34.4. The molecular weight excluding hydrogens is 1210 g/mol. The highest BCUT2D eigenvalue weighted by Crippen LogP contribution is 2.33. The van der Waals surface area contributed by atoms with Crippen molar-refractivity contribution in [1.82, 2.24) is 5.32 Å². The van der Waals surface area contributed by atoms with E-state index in [9.17, 15) is 61.0 Å². The smallest absolute Gasteiger partial charge is 0.220 e. The Kier molecular flexibility index (Phi) is 52.9. The Morgan fingerprint density at radius 1 is 0.368 bits per heavy atom. The number of unbranched alkanes of at least 4 members (excludes halogenated alkanes) is 41. The molecule has 3 saturated heterocycles. The van der Waals surface area contributed by atoms with Gasteiger partial charge in [-0.05, 0) is 57.8 Å². The summed E-state index contributed by atoms with van der Waals surface area (Å²) >= 11 is 0. The average molecular weight is 1360 g/mol. The van der Waals surface area contributed by atoms with Crippen LogP contribution in [-0.4, -0.2) is 193 Å². The number of carbonyl (C=O) groups excluding carboxylic acids is 1. The summed E-state index contributed by atoms with van der Waals surface area (Å²) in [5.74, 6) is -0.281. The van der Waals surface area contributed by atoms with Crippen LogP contribution < -0.4 is 5.32 Å². The summed E-state index contributed by atoms with van der Waals surface area (Å²) in [5, 5.41) is 121. The van der Waals surface area contributed by atoms with Crippen LogP contribution in [0.3, 0.4) is 0 Å². The van der Waals surface area contributed by atoms with E-state index >= 15 is 0 Å². The van der Waals surface area contributed by atoms with E-state index in [1.807, 2.05) is 6.08 Å². The maximum atomic E-state index is 13.5. The Labute approximate surface area is 574 Å². The normalized spacial score (nSPS) is 27.4. The number of hydrogen-bond acceptors (Lipinski definition) is 18. The Hall–Kier alpha value is -1.99. The van der Waals surface area contributed by atoms with Crippen LogP contribution in [0, 0.1) is 0 Å². The van der Waals surface area contributed by atoms with Crippen LogP contribution in [0.1, 0.15) is 309 Å². The molecule has 3 heterocycles. The Morgan fingerprint density at radius 3 is 1.05 bits per heavy atom. The summed E-state index contributed by atoms with van der Waals surface area (Å²) in [4.78, 5) is 13.5. The largest absolute Gasteiger partial charge is 0.394 e. The molecule has 12 N–H and O–H groups in total. The molecule has 0 aromatic carbocycles. The quantitative estimate of drug-likeness (QED) is 0.0199. The second-order valence-corrected chi connectivity index (χ2v) is 27.8. The third kappa shape index (κ3) is 38.6. The summed E-state index contributed by atoms with van der Waals surface area (Å²) in [6, 6.07) is -0.990. The number of amides is 1. The molecule has 0 saturated carbocycles. The minimum absolute atomic E-state index is 0.237. The molecule has 95 heavy (non-hydrogen) atoms. The Bertz CT molecular complexity index is 1860. The molecule has 0 bridgehead atoms. The summed E-state index contributed by atoms with van der Waals surface area (Å²) in [6.07, 6.45) is 42.7. The van der Waals surface area contributed by atoms with Crippen molar-refractivity contribution in [1.29, 1.82) is 0 Å². The van der Waals surface area contributed by atoms with Gasteiger partial charge in [-0.15, -0.1) is 0 Å². The van der Waals surface area contributed by atoms with Gasteiger partial charge in [0.15, 0.2) is 18.9 Å². The monoisotopic (exact) mass is 1360 g/mol. The number of ether oxygens (including phenoxy) is 6. The molecule has 3 aliphatic heterocycles. The first-order valence-corrected chi connectivity index (χ1v) is 38.7. The molecule has 3 fully saturated rings. The van der Waals surface area contributed by atoms with Crippen molar-refractivity contribution < 1.29 is 89.4 Å². The van der Waals surface area contributed by atoms with Gasteiger partial charge in [0.05, 0.1) is 38.6 Å². The zero-order valence-electron chi connectivity index (χ0n) is 59.4. The molecule has 17 unspecified atom stereocenters. The zero-order valence-corrected chi connectivity index (χ0v) is 59.4. The Balaban J connectivity index is 1.41. The SMILES string of the molecule is CCCCCCCCCC/C=C\CCCCCCCCCCCCCCCC(=O)NC(COC1OC(CO)C(OC2OC(CO)C(OC3OC(CO)C(O)C(O)C3O)C(O)C2O)C(O)C1O)C(O)/C=C/CC/C=C/CCCCCCCCCCCCCCCCCCCCC. The molecule has 1 amide bonds. The van der Waals surface area contributed by atoms with E-state index in [1.54, 1.807) is 6.08 Å². The first-order chi connectivity index (χ1) is 46.3. The lowest BCUT2D eigenvalue weighted by Crippen LogP contribution is -2.66. The van der Waals surface area contributed by atoms with Gasteiger partial charge in [-0.25, -0.2) is 0 Å².